The van der Waals surface area contributed by atoms with Crippen LogP contribution in [0.5, 0.6) is 0 Å². The van der Waals surface area contributed by atoms with Gasteiger partial charge in [-0.2, -0.15) is 26.3 Å². The summed E-state index contributed by atoms with van der Waals surface area (Å²) in [7, 11) is -13.3. The predicted octanol–water partition coefficient (Wildman–Crippen LogP) is 4.13. The summed E-state index contributed by atoms with van der Waals surface area (Å²) in [5.41, 5.74) is -12.3. The van der Waals surface area contributed by atoms with Gasteiger partial charge in [0.05, 0.1) is 0 Å². The molecule has 0 aromatic carbocycles. The Bertz CT molecular complexity index is 554. The standard InChI is InChI=1S/C12H21F6NO4S2/c1-2-3-4-5-6-7-8-9-10-19(24(20,21)11(13,14)15)25(22,23)12(16,17)18/h2-10H2,1H3. The molecule has 0 atom stereocenters. The summed E-state index contributed by atoms with van der Waals surface area (Å²) in [5.74, 6) is 0. The number of alkyl halides is 6. The lowest BCUT2D eigenvalue weighted by Crippen LogP contribution is -2.49. The smallest absolute Gasteiger partial charge is 0.202 e. The first-order valence-corrected chi connectivity index (χ1v) is 10.5. The fourth-order valence-electron chi connectivity index (χ4n) is 1.98. The van der Waals surface area contributed by atoms with Crippen LogP contribution in [0.3, 0.4) is 0 Å². The molecule has 0 aliphatic carbocycles. The normalized spacial score (nSPS) is 14.2. The average Bonchev–Trinajstić information content (AvgIpc) is 2.42. The second-order valence-electron chi connectivity index (χ2n) is 5.37. The van der Waals surface area contributed by atoms with Gasteiger partial charge in [-0.15, -0.1) is 0 Å². The molecule has 0 N–H and O–H groups in total. The van der Waals surface area contributed by atoms with Crippen LogP contribution in [0.4, 0.5) is 26.3 Å². The van der Waals surface area contributed by atoms with Crippen LogP contribution in [-0.4, -0.2) is 38.1 Å². The first-order chi connectivity index (χ1) is 11.2. The van der Waals surface area contributed by atoms with Gasteiger partial charge >= 0.3 is 31.1 Å². The highest BCUT2D eigenvalue weighted by molar-refractivity contribution is 8.04. The van der Waals surface area contributed by atoms with Gasteiger partial charge in [-0.25, -0.2) is 16.8 Å². The minimum Gasteiger partial charge on any atom is -0.202 e. The van der Waals surface area contributed by atoms with E-state index in [2.05, 4.69) is 0 Å². The van der Waals surface area contributed by atoms with Gasteiger partial charge in [0.15, 0.2) is 0 Å². The molecule has 0 amide bonds. The van der Waals surface area contributed by atoms with Crippen LogP contribution in [0.15, 0.2) is 0 Å². The molecule has 0 saturated heterocycles. The maximum Gasteiger partial charge on any atom is 0.512 e. The van der Waals surface area contributed by atoms with E-state index in [9.17, 15) is 43.2 Å². The maximum absolute atomic E-state index is 12.5. The summed E-state index contributed by atoms with van der Waals surface area (Å²) in [6.07, 6.45) is 4.59. The fourth-order valence-corrected chi connectivity index (χ4v) is 4.72. The molecule has 0 saturated carbocycles. The van der Waals surface area contributed by atoms with Gasteiger partial charge in [0.25, 0.3) is 0 Å². The van der Waals surface area contributed by atoms with E-state index in [1.807, 2.05) is 6.92 Å². The van der Waals surface area contributed by atoms with Gasteiger partial charge in [0.2, 0.25) is 0 Å². The Kier molecular flexibility index (Phi) is 9.19. The Labute approximate surface area is 143 Å². The van der Waals surface area contributed by atoms with E-state index in [-0.39, 0.29) is 6.42 Å². The quantitative estimate of drug-likeness (QED) is 0.372. The fraction of sp³-hybridized carbons (Fsp3) is 1.00. The van der Waals surface area contributed by atoms with E-state index >= 15 is 0 Å². The molecular formula is C12H21F6NO4S2. The average molecular weight is 421 g/mol. The van der Waals surface area contributed by atoms with Crippen molar-refractivity contribution in [3.63, 3.8) is 0 Å². The van der Waals surface area contributed by atoms with Gasteiger partial charge in [-0.3, -0.25) is 0 Å². The lowest BCUT2D eigenvalue weighted by Gasteiger charge is -2.23. The number of hydrogen-bond donors (Lipinski definition) is 0. The van der Waals surface area contributed by atoms with Gasteiger partial charge in [0, 0.05) is 6.54 Å². The summed E-state index contributed by atoms with van der Waals surface area (Å²) >= 11 is 0. The zero-order chi connectivity index (χ0) is 19.9. The van der Waals surface area contributed by atoms with E-state index in [1.54, 1.807) is 0 Å². The zero-order valence-electron chi connectivity index (χ0n) is 13.5. The summed E-state index contributed by atoms with van der Waals surface area (Å²) in [5, 5.41) is 0. The highest BCUT2D eigenvalue weighted by atomic mass is 32.3. The molecule has 0 radical (unpaired) electrons. The van der Waals surface area contributed by atoms with Crippen molar-refractivity contribution in [3.05, 3.63) is 0 Å². The third kappa shape index (κ3) is 6.93. The first kappa shape index (κ1) is 24.4. The van der Waals surface area contributed by atoms with Crippen LogP contribution in [0, 0.1) is 0 Å². The van der Waals surface area contributed by atoms with Crippen molar-refractivity contribution in [2.24, 2.45) is 0 Å². The molecule has 0 fully saturated rings. The van der Waals surface area contributed by atoms with Crippen molar-refractivity contribution >= 4 is 20.0 Å². The van der Waals surface area contributed by atoms with Crippen LogP contribution in [0.2, 0.25) is 0 Å². The Morgan fingerprint density at radius 2 is 0.960 bits per heavy atom. The van der Waals surface area contributed by atoms with Crippen LogP contribution < -0.4 is 0 Å². The number of hydrogen-bond acceptors (Lipinski definition) is 4. The van der Waals surface area contributed by atoms with Crippen molar-refractivity contribution in [2.75, 3.05) is 6.54 Å². The van der Waals surface area contributed by atoms with Gasteiger partial charge in [-0.05, 0) is 6.42 Å². The molecule has 0 bridgehead atoms. The van der Waals surface area contributed by atoms with Crippen molar-refractivity contribution in [2.45, 2.75) is 69.3 Å². The minimum atomic E-state index is -6.66. The number of halogens is 6. The Morgan fingerprint density at radius 1 is 0.640 bits per heavy atom. The summed E-state index contributed by atoms with van der Waals surface area (Å²) in [6.45, 7) is 0.593. The predicted molar refractivity (Wildman–Crippen MR) is 79.3 cm³/mol. The highest BCUT2D eigenvalue weighted by Gasteiger charge is 2.61. The van der Waals surface area contributed by atoms with E-state index in [0.717, 1.165) is 25.7 Å². The second-order valence-corrected chi connectivity index (χ2v) is 9.31. The number of sulfonamides is 2. The molecule has 0 aliphatic rings. The molecule has 0 aromatic heterocycles. The monoisotopic (exact) mass is 421 g/mol. The third-order valence-corrected chi connectivity index (χ3v) is 7.10. The number of rotatable bonds is 11. The molecule has 13 heteroatoms. The van der Waals surface area contributed by atoms with Gasteiger partial charge in [0.1, 0.15) is 0 Å². The zero-order valence-corrected chi connectivity index (χ0v) is 15.2. The molecular weight excluding hydrogens is 400 g/mol. The van der Waals surface area contributed by atoms with Crippen LogP contribution in [0.25, 0.3) is 0 Å². The SMILES string of the molecule is CCCCCCCCCCN(S(=O)(=O)C(F)(F)F)S(=O)(=O)C(F)(F)F. The summed E-state index contributed by atoms with van der Waals surface area (Å²) in [4.78, 5) is 0. The number of nitrogens with zero attached hydrogens (tertiary/aromatic N) is 1. The van der Waals surface area contributed by atoms with Gasteiger partial charge < -0.3 is 0 Å². The van der Waals surface area contributed by atoms with Crippen molar-refractivity contribution in [1.29, 1.82) is 0 Å². The third-order valence-electron chi connectivity index (χ3n) is 3.32. The Morgan fingerprint density at radius 3 is 1.28 bits per heavy atom. The Balaban J connectivity index is 4.99. The Hall–Kier alpha value is -0.560. The molecule has 0 aromatic rings. The largest absolute Gasteiger partial charge is 0.512 e. The summed E-state index contributed by atoms with van der Waals surface area (Å²) < 4.78 is 118. The highest BCUT2D eigenvalue weighted by Crippen LogP contribution is 2.35. The van der Waals surface area contributed by atoms with E-state index in [4.69, 9.17) is 0 Å². The topological polar surface area (TPSA) is 71.5 Å². The van der Waals surface area contributed by atoms with Crippen LogP contribution >= 0.6 is 0 Å². The summed E-state index contributed by atoms with van der Waals surface area (Å²) in [6, 6.07) is 0. The van der Waals surface area contributed by atoms with Crippen molar-refractivity contribution in [3.8, 4) is 0 Å². The lowest BCUT2D eigenvalue weighted by molar-refractivity contribution is -0.0531. The molecule has 25 heavy (non-hydrogen) atoms. The molecule has 0 rings (SSSR count). The van der Waals surface area contributed by atoms with E-state index in [1.165, 1.54) is 0 Å². The molecule has 0 spiro atoms. The van der Waals surface area contributed by atoms with Crippen LogP contribution in [-0.2, 0) is 20.0 Å². The van der Waals surface area contributed by atoms with Crippen LogP contribution in [0.1, 0.15) is 58.3 Å². The second kappa shape index (κ2) is 9.40. The molecule has 0 heterocycles. The van der Waals surface area contributed by atoms with Gasteiger partial charge in [-0.1, -0.05) is 55.6 Å². The minimum absolute atomic E-state index is 0.114. The van der Waals surface area contributed by atoms with E-state index in [0.29, 0.717) is 12.8 Å². The van der Waals surface area contributed by atoms with Crippen molar-refractivity contribution in [1.82, 2.24) is 3.71 Å². The molecule has 5 nitrogen and oxygen atoms in total. The maximum atomic E-state index is 12.5. The molecule has 0 aliphatic heterocycles. The lowest BCUT2D eigenvalue weighted by atomic mass is 10.1. The molecule has 152 valence electrons. The number of unbranched alkanes of at least 4 members (excludes halogenated alkanes) is 7. The van der Waals surface area contributed by atoms with Crippen molar-refractivity contribution < 1.29 is 43.2 Å². The van der Waals surface area contributed by atoms with E-state index < -0.39 is 47.7 Å². The molecule has 0 unspecified atom stereocenters. The first-order valence-electron chi connectivity index (χ1n) is 7.60.